The van der Waals surface area contributed by atoms with Gasteiger partial charge in [0, 0.05) is 11.1 Å². The van der Waals surface area contributed by atoms with Crippen LogP contribution in [0.3, 0.4) is 0 Å². The lowest BCUT2D eigenvalue weighted by molar-refractivity contribution is 0.0993. The van der Waals surface area contributed by atoms with Gasteiger partial charge >= 0.3 is 0 Å². The lowest BCUT2D eigenvalue weighted by Gasteiger charge is -2.07. The smallest absolute Gasteiger partial charge is 0.277 e. The zero-order chi connectivity index (χ0) is 17.1. The van der Waals surface area contributed by atoms with Gasteiger partial charge in [0.05, 0.1) is 5.25 Å². The molecule has 2 aromatic carbocycles. The van der Waals surface area contributed by atoms with Crippen LogP contribution in [0.15, 0.2) is 58.2 Å². The second-order valence-electron chi connectivity index (χ2n) is 5.32. The molecule has 122 valence electrons. The van der Waals surface area contributed by atoms with Crippen molar-refractivity contribution < 1.29 is 13.6 Å². The van der Waals surface area contributed by atoms with E-state index in [2.05, 4.69) is 10.2 Å². The van der Waals surface area contributed by atoms with Gasteiger partial charge < -0.3 is 4.42 Å². The van der Waals surface area contributed by atoms with Crippen LogP contribution < -0.4 is 0 Å². The average molecular weight is 342 g/mol. The first-order valence-electron chi connectivity index (χ1n) is 7.40. The summed E-state index contributed by atoms with van der Waals surface area (Å²) in [5.41, 5.74) is 2.36. The summed E-state index contributed by atoms with van der Waals surface area (Å²) in [5, 5.41) is 7.96. The molecule has 0 aliphatic heterocycles. The van der Waals surface area contributed by atoms with Crippen molar-refractivity contribution in [2.24, 2.45) is 0 Å². The lowest BCUT2D eigenvalue weighted by atomic mass is 10.1. The number of Topliss-reactive ketones (excluding diaryl/α,β-unsaturated/α-hetero) is 1. The summed E-state index contributed by atoms with van der Waals surface area (Å²) in [5.74, 6) is -0.0562. The third-order valence-electron chi connectivity index (χ3n) is 3.56. The van der Waals surface area contributed by atoms with Crippen molar-refractivity contribution in [3.63, 3.8) is 0 Å². The van der Waals surface area contributed by atoms with E-state index in [-0.39, 0.29) is 11.6 Å². The van der Waals surface area contributed by atoms with E-state index in [1.165, 1.54) is 36.0 Å². The fourth-order valence-corrected chi connectivity index (χ4v) is 2.99. The fraction of sp³-hybridized carbons (Fsp3) is 0.167. The van der Waals surface area contributed by atoms with Gasteiger partial charge in [-0.1, -0.05) is 30.0 Å². The second-order valence-corrected chi connectivity index (χ2v) is 6.61. The van der Waals surface area contributed by atoms with Crippen molar-refractivity contribution >= 4 is 17.5 Å². The minimum Gasteiger partial charge on any atom is -0.411 e. The average Bonchev–Trinajstić information content (AvgIpc) is 3.03. The Balaban J connectivity index is 1.73. The zero-order valence-electron chi connectivity index (χ0n) is 13.2. The Bertz CT molecular complexity index is 861. The topological polar surface area (TPSA) is 56.0 Å². The maximum absolute atomic E-state index is 12.9. The molecule has 0 radical (unpaired) electrons. The van der Waals surface area contributed by atoms with Crippen molar-refractivity contribution in [3.8, 4) is 11.5 Å². The molecule has 0 fully saturated rings. The summed E-state index contributed by atoms with van der Waals surface area (Å²) in [6.07, 6.45) is 0. The second kappa shape index (κ2) is 6.97. The molecule has 24 heavy (non-hydrogen) atoms. The molecule has 0 spiro atoms. The van der Waals surface area contributed by atoms with E-state index in [1.54, 1.807) is 6.92 Å². The van der Waals surface area contributed by atoms with Crippen LogP contribution in [0, 0.1) is 12.7 Å². The molecule has 6 heteroatoms. The highest BCUT2D eigenvalue weighted by atomic mass is 32.2. The van der Waals surface area contributed by atoms with E-state index in [4.69, 9.17) is 4.42 Å². The van der Waals surface area contributed by atoms with Gasteiger partial charge in [0.25, 0.3) is 5.22 Å². The van der Waals surface area contributed by atoms with Gasteiger partial charge in [-0.15, -0.1) is 10.2 Å². The van der Waals surface area contributed by atoms with Gasteiger partial charge in [0.15, 0.2) is 5.78 Å². The normalized spacial score (nSPS) is 12.1. The molecule has 0 amide bonds. The first kappa shape index (κ1) is 16.4. The quantitative estimate of drug-likeness (QED) is 0.503. The minimum absolute atomic E-state index is 0.115. The van der Waals surface area contributed by atoms with Gasteiger partial charge in [-0.05, 0) is 49.7 Å². The molecule has 0 N–H and O–H groups in total. The molecule has 1 aromatic heterocycles. The molecule has 0 saturated heterocycles. The minimum atomic E-state index is -0.416. The fourth-order valence-electron chi connectivity index (χ4n) is 2.23. The molecule has 3 aromatic rings. The Morgan fingerprint density at radius 2 is 1.83 bits per heavy atom. The van der Waals surface area contributed by atoms with Crippen LogP contribution in [0.4, 0.5) is 4.39 Å². The molecular formula is C18H15FN2O2S. The standard InChI is InChI=1S/C18H15FN2O2S/c1-11-5-3-4-6-15(11)17-20-21-18(23-17)24-12(2)16(22)13-7-9-14(19)10-8-13/h3-10,12H,1-2H3. The van der Waals surface area contributed by atoms with Crippen molar-refractivity contribution in [1.82, 2.24) is 10.2 Å². The van der Waals surface area contributed by atoms with Crippen LogP contribution in [0.1, 0.15) is 22.8 Å². The highest BCUT2D eigenvalue weighted by molar-refractivity contribution is 8.00. The summed E-state index contributed by atoms with van der Waals surface area (Å²) in [4.78, 5) is 12.4. The molecule has 3 rings (SSSR count). The van der Waals surface area contributed by atoms with Crippen molar-refractivity contribution in [1.29, 1.82) is 0 Å². The first-order chi connectivity index (χ1) is 11.5. The zero-order valence-corrected chi connectivity index (χ0v) is 14.0. The molecule has 1 unspecified atom stereocenters. The Morgan fingerprint density at radius 1 is 1.12 bits per heavy atom. The number of carbonyl (C=O) groups is 1. The van der Waals surface area contributed by atoms with E-state index >= 15 is 0 Å². The van der Waals surface area contributed by atoms with Crippen LogP contribution in [-0.4, -0.2) is 21.2 Å². The van der Waals surface area contributed by atoms with Gasteiger partial charge in [-0.2, -0.15) is 0 Å². The number of ketones is 1. The molecule has 0 saturated carbocycles. The van der Waals surface area contributed by atoms with Crippen LogP contribution in [0.25, 0.3) is 11.5 Å². The SMILES string of the molecule is Cc1ccccc1-c1nnc(SC(C)C(=O)c2ccc(F)cc2)o1. The summed E-state index contributed by atoms with van der Waals surface area (Å²) in [7, 11) is 0. The maximum atomic E-state index is 12.9. The van der Waals surface area contributed by atoms with Gasteiger partial charge in [-0.3, -0.25) is 4.79 Å². The number of hydrogen-bond acceptors (Lipinski definition) is 5. The maximum Gasteiger partial charge on any atom is 0.277 e. The Morgan fingerprint density at radius 3 is 2.54 bits per heavy atom. The van der Waals surface area contributed by atoms with Crippen LogP contribution in [0.5, 0.6) is 0 Å². The van der Waals surface area contributed by atoms with E-state index in [0.29, 0.717) is 16.7 Å². The summed E-state index contributed by atoms with van der Waals surface area (Å²) in [6, 6.07) is 13.2. The lowest BCUT2D eigenvalue weighted by Crippen LogP contribution is -2.13. The molecule has 0 aliphatic rings. The molecular weight excluding hydrogens is 327 g/mol. The monoisotopic (exact) mass is 342 g/mol. The van der Waals surface area contributed by atoms with E-state index in [9.17, 15) is 9.18 Å². The van der Waals surface area contributed by atoms with E-state index < -0.39 is 5.25 Å². The number of thioether (sulfide) groups is 1. The first-order valence-corrected chi connectivity index (χ1v) is 8.28. The molecule has 0 aliphatic carbocycles. The highest BCUT2D eigenvalue weighted by Crippen LogP contribution is 2.28. The summed E-state index contributed by atoms with van der Waals surface area (Å²) in [6.45, 7) is 3.72. The van der Waals surface area contributed by atoms with Gasteiger partial charge in [-0.25, -0.2) is 4.39 Å². The molecule has 1 atom stereocenters. The number of benzene rings is 2. The third kappa shape index (κ3) is 3.54. The Kier molecular flexibility index (Phi) is 4.76. The number of aromatic nitrogens is 2. The number of nitrogens with zero attached hydrogens (tertiary/aromatic N) is 2. The number of rotatable bonds is 5. The largest absolute Gasteiger partial charge is 0.411 e. The predicted molar refractivity (Wildman–Crippen MR) is 90.5 cm³/mol. The number of hydrogen-bond donors (Lipinski definition) is 0. The van der Waals surface area contributed by atoms with Crippen LogP contribution in [-0.2, 0) is 0 Å². The summed E-state index contributed by atoms with van der Waals surface area (Å²) < 4.78 is 18.6. The van der Waals surface area contributed by atoms with E-state index in [1.807, 2.05) is 31.2 Å². The number of carbonyl (C=O) groups excluding carboxylic acids is 1. The molecule has 4 nitrogen and oxygen atoms in total. The van der Waals surface area contributed by atoms with Crippen molar-refractivity contribution in [2.75, 3.05) is 0 Å². The molecule has 1 heterocycles. The van der Waals surface area contributed by atoms with Crippen molar-refractivity contribution in [3.05, 3.63) is 65.5 Å². The van der Waals surface area contributed by atoms with Gasteiger partial charge in [0.2, 0.25) is 5.89 Å². The van der Waals surface area contributed by atoms with E-state index in [0.717, 1.165) is 11.1 Å². The van der Waals surface area contributed by atoms with Crippen LogP contribution in [0.2, 0.25) is 0 Å². The summed E-state index contributed by atoms with van der Waals surface area (Å²) >= 11 is 1.19. The number of aryl methyl sites for hydroxylation is 1. The Hall–Kier alpha value is -2.47. The molecule has 0 bridgehead atoms. The Labute approximate surface area is 143 Å². The number of halogens is 1. The highest BCUT2D eigenvalue weighted by Gasteiger charge is 2.20. The van der Waals surface area contributed by atoms with Gasteiger partial charge in [0.1, 0.15) is 5.82 Å². The van der Waals surface area contributed by atoms with Crippen molar-refractivity contribution in [2.45, 2.75) is 24.3 Å². The predicted octanol–water partition coefficient (Wildman–Crippen LogP) is 4.55. The van der Waals surface area contributed by atoms with Crippen LogP contribution >= 0.6 is 11.8 Å². The third-order valence-corrected chi connectivity index (χ3v) is 4.49.